The second-order valence-electron chi connectivity index (χ2n) is 12.7. The van der Waals surface area contributed by atoms with Crippen LogP contribution in [-0.4, -0.2) is 50.7 Å². The summed E-state index contributed by atoms with van der Waals surface area (Å²) >= 11 is 0. The Kier molecular flexibility index (Phi) is 5.81. The average molecular weight is 524 g/mol. The molecule has 1 aromatic heterocycles. The fourth-order valence-corrected chi connectivity index (χ4v) is 7.45. The Hall–Kier alpha value is -3.25. The van der Waals surface area contributed by atoms with Crippen LogP contribution < -0.4 is 4.74 Å². The molecule has 202 valence electrons. The minimum atomic E-state index is -0.290. The molecule has 3 atom stereocenters. The van der Waals surface area contributed by atoms with Crippen molar-refractivity contribution in [2.75, 3.05) is 13.1 Å². The van der Waals surface area contributed by atoms with Crippen LogP contribution in [0.2, 0.25) is 0 Å². The van der Waals surface area contributed by atoms with Crippen LogP contribution in [0.3, 0.4) is 0 Å². The van der Waals surface area contributed by atoms with Gasteiger partial charge in [0.05, 0.1) is 34.6 Å². The molecule has 0 spiro atoms. The second kappa shape index (κ2) is 9.16. The van der Waals surface area contributed by atoms with Crippen molar-refractivity contribution in [2.45, 2.75) is 76.9 Å². The second-order valence-corrected chi connectivity index (χ2v) is 12.7. The van der Waals surface area contributed by atoms with Gasteiger partial charge in [0.25, 0.3) is 0 Å². The van der Waals surface area contributed by atoms with Gasteiger partial charge in [-0.1, -0.05) is 43.7 Å². The Morgan fingerprint density at radius 1 is 1.00 bits per heavy atom. The van der Waals surface area contributed by atoms with Crippen molar-refractivity contribution in [2.24, 2.45) is 11.8 Å². The lowest BCUT2D eigenvalue weighted by atomic mass is 9.64. The number of hydrogen-bond donors (Lipinski definition) is 1. The fourth-order valence-electron chi connectivity index (χ4n) is 7.45. The largest absolute Gasteiger partial charge is 0.487 e. The highest BCUT2D eigenvalue weighted by atomic mass is 16.5. The summed E-state index contributed by atoms with van der Waals surface area (Å²) in [5.74, 6) is 2.57. The summed E-state index contributed by atoms with van der Waals surface area (Å²) in [5, 5.41) is 12.0. The molecule has 3 aliphatic rings. The van der Waals surface area contributed by atoms with Crippen molar-refractivity contribution in [3.05, 3.63) is 53.6 Å². The van der Waals surface area contributed by atoms with E-state index in [1.165, 1.54) is 12.0 Å². The van der Waals surface area contributed by atoms with Crippen molar-refractivity contribution in [1.82, 2.24) is 14.9 Å². The fraction of sp³-hybridized carbons (Fsp3) is 0.485. The number of aliphatic hydroxyl groups excluding tert-OH is 1. The first-order chi connectivity index (χ1) is 18.8. The maximum Gasteiger partial charge on any atom is 0.226 e. The first-order valence-electron chi connectivity index (χ1n) is 14.6. The van der Waals surface area contributed by atoms with Crippen LogP contribution in [0.5, 0.6) is 5.75 Å². The van der Waals surface area contributed by atoms with E-state index in [9.17, 15) is 9.90 Å². The Morgan fingerprint density at radius 2 is 1.74 bits per heavy atom. The molecule has 2 fully saturated rings. The molecule has 6 heteroatoms. The molecule has 1 aliphatic carbocycles. The van der Waals surface area contributed by atoms with Gasteiger partial charge in [-0.15, -0.1) is 0 Å². The van der Waals surface area contributed by atoms with E-state index in [2.05, 4.69) is 45.0 Å². The van der Waals surface area contributed by atoms with E-state index in [1.807, 2.05) is 23.1 Å². The Labute approximate surface area is 229 Å². The molecule has 4 aromatic rings. The molecule has 39 heavy (non-hydrogen) atoms. The van der Waals surface area contributed by atoms with Crippen LogP contribution in [0.15, 0.2) is 42.5 Å². The zero-order chi connectivity index (χ0) is 26.9. The highest BCUT2D eigenvalue weighted by Crippen LogP contribution is 2.56. The minimum Gasteiger partial charge on any atom is -0.487 e. The van der Waals surface area contributed by atoms with E-state index < -0.39 is 0 Å². The number of aromatic nitrogens is 2. The van der Waals surface area contributed by atoms with Crippen molar-refractivity contribution in [1.29, 1.82) is 0 Å². The number of carbonyl (C=O) groups is 1. The smallest absolute Gasteiger partial charge is 0.226 e. The normalized spacial score (nSPS) is 24.9. The van der Waals surface area contributed by atoms with Gasteiger partial charge in [0, 0.05) is 35.3 Å². The summed E-state index contributed by atoms with van der Waals surface area (Å²) in [6.07, 6.45) is 4.88. The first-order valence-corrected chi connectivity index (χ1v) is 14.6. The third-order valence-electron chi connectivity index (χ3n) is 9.57. The highest BCUT2D eigenvalue weighted by Gasteiger charge is 2.47. The predicted molar refractivity (Wildman–Crippen MR) is 154 cm³/mol. The number of piperidine rings is 1. The number of rotatable bonds is 2. The predicted octanol–water partition coefficient (Wildman–Crippen LogP) is 6.15. The maximum atomic E-state index is 13.0. The molecular formula is C33H37N3O3. The van der Waals surface area contributed by atoms with E-state index in [4.69, 9.17) is 14.7 Å². The summed E-state index contributed by atoms with van der Waals surface area (Å²) in [5.41, 5.74) is 5.49. The molecule has 1 saturated carbocycles. The van der Waals surface area contributed by atoms with E-state index >= 15 is 0 Å². The van der Waals surface area contributed by atoms with Gasteiger partial charge in [-0.2, -0.15) is 0 Å². The van der Waals surface area contributed by atoms with Crippen molar-refractivity contribution >= 4 is 38.7 Å². The van der Waals surface area contributed by atoms with Crippen LogP contribution in [0.4, 0.5) is 0 Å². The molecule has 0 radical (unpaired) electrons. The van der Waals surface area contributed by atoms with Crippen LogP contribution in [0.1, 0.15) is 69.9 Å². The summed E-state index contributed by atoms with van der Waals surface area (Å²) in [7, 11) is 0. The van der Waals surface area contributed by atoms with Crippen LogP contribution in [0.25, 0.3) is 32.8 Å². The molecule has 3 unspecified atom stereocenters. The van der Waals surface area contributed by atoms with Gasteiger partial charge < -0.3 is 14.7 Å². The van der Waals surface area contributed by atoms with Crippen LogP contribution in [0, 0.1) is 11.8 Å². The molecule has 3 heterocycles. The molecule has 2 aliphatic heterocycles. The van der Waals surface area contributed by atoms with E-state index in [0.29, 0.717) is 50.1 Å². The summed E-state index contributed by atoms with van der Waals surface area (Å²) < 4.78 is 6.87. The summed E-state index contributed by atoms with van der Waals surface area (Å²) in [6.45, 7) is 8.11. The maximum absolute atomic E-state index is 13.0. The summed E-state index contributed by atoms with van der Waals surface area (Å²) in [4.78, 5) is 25.4. The number of likely N-dealkylation sites (tertiary alicyclic amines) is 1. The number of carbonyl (C=O) groups excluding carboxylic acids is 1. The number of nitrogens with zero attached hydrogens (tertiary/aromatic N) is 3. The van der Waals surface area contributed by atoms with Crippen LogP contribution in [-0.2, 0) is 11.2 Å². The molecule has 6 nitrogen and oxygen atoms in total. The molecule has 0 bridgehead atoms. The van der Waals surface area contributed by atoms with Crippen LogP contribution >= 0.6 is 0 Å². The van der Waals surface area contributed by atoms with E-state index in [1.54, 1.807) is 0 Å². The van der Waals surface area contributed by atoms with Gasteiger partial charge in [-0.05, 0) is 69.1 Å². The Bertz CT molecular complexity index is 1600. The van der Waals surface area contributed by atoms with Crippen molar-refractivity contribution in [3.63, 3.8) is 0 Å². The van der Waals surface area contributed by atoms with Gasteiger partial charge in [-0.25, -0.2) is 9.97 Å². The van der Waals surface area contributed by atoms with Crippen molar-refractivity contribution < 1.29 is 14.6 Å². The number of amides is 1. The molecule has 1 amide bonds. The third kappa shape index (κ3) is 4.15. The third-order valence-corrected chi connectivity index (χ3v) is 9.57. The zero-order valence-corrected chi connectivity index (χ0v) is 23.1. The van der Waals surface area contributed by atoms with Gasteiger partial charge in [0.2, 0.25) is 5.91 Å². The number of benzene rings is 3. The Balaban J connectivity index is 1.37. The number of ether oxygens (including phenoxy) is 1. The Morgan fingerprint density at radius 3 is 2.54 bits per heavy atom. The van der Waals surface area contributed by atoms with Gasteiger partial charge in [0.15, 0.2) is 0 Å². The quantitative estimate of drug-likeness (QED) is 0.252. The van der Waals surface area contributed by atoms with Gasteiger partial charge >= 0.3 is 0 Å². The topological polar surface area (TPSA) is 75.6 Å². The molecule has 1 saturated heterocycles. The minimum absolute atomic E-state index is 0.105. The zero-order valence-electron chi connectivity index (χ0n) is 23.1. The molecule has 3 aromatic carbocycles. The standard InChI is InChI=1S/C33H37N3O3/c1-19-8-10-25-24(16-19)29-31-30(22-6-4-5-7-23(22)32(29)39-33(25,2)3)34-26-11-9-20(17-27(26)35-31)18-28(38)36-14-12-21(37)13-15-36/h4-7,9,11,17,19,21,24-25,37H,8,10,12-16,18H2,1-3H3. The summed E-state index contributed by atoms with van der Waals surface area (Å²) in [6, 6.07) is 14.5. The molecular weight excluding hydrogens is 486 g/mol. The lowest BCUT2D eigenvalue weighted by Crippen LogP contribution is -2.46. The molecule has 7 rings (SSSR count). The number of aliphatic hydroxyl groups is 1. The SMILES string of the molecule is CC1CCC2C(C1)c1c(c3ccccc3c3nc4ccc(CC(=O)N5CCC(O)CC5)cc4nc13)OC2(C)C. The van der Waals surface area contributed by atoms with Crippen molar-refractivity contribution in [3.8, 4) is 5.75 Å². The lowest BCUT2D eigenvalue weighted by molar-refractivity contribution is -0.132. The van der Waals surface area contributed by atoms with Gasteiger partial charge in [-0.3, -0.25) is 4.79 Å². The monoisotopic (exact) mass is 523 g/mol. The molecule has 1 N–H and O–H groups in total. The van der Waals surface area contributed by atoms with Gasteiger partial charge in [0.1, 0.15) is 11.4 Å². The highest BCUT2D eigenvalue weighted by molar-refractivity contribution is 6.11. The number of fused-ring (bicyclic) bond motifs is 9. The first kappa shape index (κ1) is 24.8. The lowest BCUT2D eigenvalue weighted by Gasteiger charge is -2.49. The average Bonchev–Trinajstić information content (AvgIpc) is 2.92. The number of hydrogen-bond acceptors (Lipinski definition) is 5. The van der Waals surface area contributed by atoms with E-state index in [0.717, 1.165) is 57.0 Å². The van der Waals surface area contributed by atoms with E-state index in [-0.39, 0.29) is 17.6 Å².